The molecule has 0 aliphatic carbocycles. The average molecular weight is 560 g/mol. The van der Waals surface area contributed by atoms with E-state index in [9.17, 15) is 9.90 Å². The van der Waals surface area contributed by atoms with Crippen LogP contribution in [0, 0.1) is 0 Å². The van der Waals surface area contributed by atoms with Crippen LogP contribution in [0.3, 0.4) is 0 Å². The Morgan fingerprint density at radius 3 is 2.48 bits per heavy atom. The molecule has 1 aliphatic rings. The number of aromatic amines is 1. The summed E-state index contributed by atoms with van der Waals surface area (Å²) in [7, 11) is 0. The van der Waals surface area contributed by atoms with Crippen LogP contribution in [0.4, 0.5) is 5.69 Å². The average Bonchev–Trinajstić information content (AvgIpc) is 3.36. The van der Waals surface area contributed by atoms with E-state index in [2.05, 4.69) is 32.3 Å². The van der Waals surface area contributed by atoms with Gasteiger partial charge < -0.3 is 20.1 Å². The van der Waals surface area contributed by atoms with Crippen LogP contribution < -0.4 is 5.32 Å². The highest BCUT2D eigenvalue weighted by Gasteiger charge is 2.21. The summed E-state index contributed by atoms with van der Waals surface area (Å²) in [5, 5.41) is 14.9. The molecule has 1 amide bonds. The minimum atomic E-state index is -0.196. The van der Waals surface area contributed by atoms with Gasteiger partial charge in [0.05, 0.1) is 36.2 Å². The van der Waals surface area contributed by atoms with Gasteiger partial charge in [-0.05, 0) is 60.5 Å². The third-order valence-electron chi connectivity index (χ3n) is 7.57. The number of rotatable bonds is 8. The summed E-state index contributed by atoms with van der Waals surface area (Å²) in [6.07, 6.45) is 3.40. The summed E-state index contributed by atoms with van der Waals surface area (Å²) in [5.41, 5.74) is 6.09. The van der Waals surface area contributed by atoms with Crippen molar-refractivity contribution in [2.24, 2.45) is 4.99 Å². The van der Waals surface area contributed by atoms with Gasteiger partial charge in [-0.25, -0.2) is 4.99 Å². The van der Waals surface area contributed by atoms with E-state index >= 15 is 0 Å². The maximum atomic E-state index is 13.3. The molecule has 0 saturated carbocycles. The van der Waals surface area contributed by atoms with Gasteiger partial charge in [0, 0.05) is 54.1 Å². The fourth-order valence-corrected chi connectivity index (χ4v) is 5.26. The quantitative estimate of drug-likeness (QED) is 0.210. The highest BCUT2D eigenvalue weighted by atomic mass is 16.5. The third kappa shape index (κ3) is 6.10. The molecule has 3 aromatic carbocycles. The number of amides is 1. The molecule has 0 radical (unpaired) electrons. The lowest BCUT2D eigenvalue weighted by Gasteiger charge is -2.26. The number of fused-ring (bicyclic) bond motifs is 1. The zero-order valence-corrected chi connectivity index (χ0v) is 23.5. The second-order valence-corrected chi connectivity index (χ2v) is 10.5. The van der Waals surface area contributed by atoms with Gasteiger partial charge in [0.2, 0.25) is 0 Å². The predicted octanol–water partition coefficient (Wildman–Crippen LogP) is 5.76. The highest BCUT2D eigenvalue weighted by Crippen LogP contribution is 2.32. The molecule has 8 heteroatoms. The molecule has 2 aromatic heterocycles. The molecule has 0 unspecified atom stereocenters. The third-order valence-corrected chi connectivity index (χ3v) is 7.57. The molecule has 1 atom stereocenters. The van der Waals surface area contributed by atoms with Crippen LogP contribution in [0.25, 0.3) is 10.9 Å². The molecular formula is C34H33N5O3. The predicted molar refractivity (Wildman–Crippen MR) is 164 cm³/mol. The first-order valence-corrected chi connectivity index (χ1v) is 14.1. The molecule has 3 heterocycles. The van der Waals surface area contributed by atoms with Gasteiger partial charge in [-0.1, -0.05) is 42.5 Å². The lowest BCUT2D eigenvalue weighted by molar-refractivity contribution is 0.0342. The zero-order chi connectivity index (χ0) is 28.9. The summed E-state index contributed by atoms with van der Waals surface area (Å²) in [6.45, 7) is 6.21. The van der Waals surface area contributed by atoms with Crippen LogP contribution in [0.1, 0.15) is 45.6 Å². The Labute approximate surface area is 244 Å². The number of benzene rings is 3. The van der Waals surface area contributed by atoms with E-state index < -0.39 is 0 Å². The molecular weight excluding hydrogens is 526 g/mol. The first-order chi connectivity index (χ1) is 20.5. The van der Waals surface area contributed by atoms with E-state index in [1.54, 1.807) is 24.5 Å². The van der Waals surface area contributed by atoms with Gasteiger partial charge in [-0.15, -0.1) is 0 Å². The lowest BCUT2D eigenvalue weighted by atomic mass is 10.00. The molecule has 0 spiro atoms. The number of aliphatic imine (C=N–C) groups is 1. The van der Waals surface area contributed by atoms with E-state index in [0.29, 0.717) is 27.7 Å². The van der Waals surface area contributed by atoms with Crippen molar-refractivity contribution < 1.29 is 14.6 Å². The van der Waals surface area contributed by atoms with Gasteiger partial charge in [-0.3, -0.25) is 14.7 Å². The van der Waals surface area contributed by atoms with Gasteiger partial charge >= 0.3 is 0 Å². The largest absolute Gasteiger partial charge is 0.494 e. The lowest BCUT2D eigenvalue weighted by Crippen LogP contribution is -2.35. The number of carbonyl (C=O) groups is 1. The van der Waals surface area contributed by atoms with Gasteiger partial charge in [0.15, 0.2) is 5.88 Å². The van der Waals surface area contributed by atoms with Gasteiger partial charge in [0.1, 0.15) is 0 Å². The second kappa shape index (κ2) is 12.4. The van der Waals surface area contributed by atoms with Crippen LogP contribution >= 0.6 is 0 Å². The SMILES string of the molecule is C[C@@H](NC(=O)c1ccc2[nH]c(O)c(C(=Nc3ccc(CN4CCOCC4)cc3)c3ccncc3)c2c1)c1ccccc1. The maximum Gasteiger partial charge on any atom is 0.251 e. The zero-order valence-electron chi connectivity index (χ0n) is 23.5. The molecule has 1 fully saturated rings. The van der Waals surface area contributed by atoms with Crippen molar-refractivity contribution in [1.82, 2.24) is 20.2 Å². The Hall–Kier alpha value is -4.79. The Kier molecular flexibility index (Phi) is 8.07. The summed E-state index contributed by atoms with van der Waals surface area (Å²) in [4.78, 5) is 27.9. The van der Waals surface area contributed by atoms with Gasteiger partial charge in [0.25, 0.3) is 5.91 Å². The fraction of sp³-hybridized carbons (Fsp3) is 0.206. The molecule has 6 rings (SSSR count). The van der Waals surface area contributed by atoms with Crippen LogP contribution in [0.15, 0.2) is 102 Å². The number of ether oxygens (including phenoxy) is 1. The van der Waals surface area contributed by atoms with Crippen LogP contribution in [-0.4, -0.2) is 57.9 Å². The van der Waals surface area contributed by atoms with E-state index in [4.69, 9.17) is 9.73 Å². The molecule has 42 heavy (non-hydrogen) atoms. The molecule has 212 valence electrons. The van der Waals surface area contributed by atoms with E-state index in [1.807, 2.05) is 67.6 Å². The smallest absolute Gasteiger partial charge is 0.251 e. The van der Waals surface area contributed by atoms with Crippen LogP contribution in [0.5, 0.6) is 5.88 Å². The number of nitrogens with one attached hydrogen (secondary N) is 2. The number of carbonyl (C=O) groups excluding carboxylic acids is 1. The van der Waals surface area contributed by atoms with Crippen molar-refractivity contribution in [1.29, 1.82) is 0 Å². The van der Waals surface area contributed by atoms with E-state index in [-0.39, 0.29) is 17.8 Å². The van der Waals surface area contributed by atoms with Crippen LogP contribution in [0.2, 0.25) is 0 Å². The van der Waals surface area contributed by atoms with Crippen molar-refractivity contribution in [2.45, 2.75) is 19.5 Å². The molecule has 5 aromatic rings. The van der Waals surface area contributed by atoms with Crippen molar-refractivity contribution in [2.75, 3.05) is 26.3 Å². The molecule has 1 aliphatic heterocycles. The van der Waals surface area contributed by atoms with E-state index in [0.717, 1.165) is 49.7 Å². The Balaban J connectivity index is 1.34. The van der Waals surface area contributed by atoms with Crippen molar-refractivity contribution in [3.63, 3.8) is 0 Å². The highest BCUT2D eigenvalue weighted by molar-refractivity contribution is 6.22. The number of hydrogen-bond donors (Lipinski definition) is 3. The number of pyridine rings is 1. The van der Waals surface area contributed by atoms with E-state index in [1.165, 1.54) is 5.56 Å². The first kappa shape index (κ1) is 27.4. The molecule has 1 saturated heterocycles. The topological polar surface area (TPSA) is 103 Å². The molecule has 3 N–H and O–H groups in total. The summed E-state index contributed by atoms with van der Waals surface area (Å²) < 4.78 is 5.46. The molecule has 0 bridgehead atoms. The normalized spacial score (nSPS) is 15.0. The van der Waals surface area contributed by atoms with Crippen LogP contribution in [-0.2, 0) is 11.3 Å². The maximum absolute atomic E-state index is 13.3. The Morgan fingerprint density at radius 1 is 1.00 bits per heavy atom. The van der Waals surface area contributed by atoms with Gasteiger partial charge in [-0.2, -0.15) is 0 Å². The molecule has 8 nitrogen and oxygen atoms in total. The first-order valence-electron chi connectivity index (χ1n) is 14.1. The van der Waals surface area contributed by atoms with Crippen molar-refractivity contribution >= 4 is 28.2 Å². The number of morpholine rings is 1. The summed E-state index contributed by atoms with van der Waals surface area (Å²) >= 11 is 0. The minimum absolute atomic E-state index is 0.0142. The fourth-order valence-electron chi connectivity index (χ4n) is 5.26. The Morgan fingerprint density at radius 2 is 1.74 bits per heavy atom. The monoisotopic (exact) mass is 559 g/mol. The minimum Gasteiger partial charge on any atom is -0.494 e. The number of H-pyrrole nitrogens is 1. The standard InChI is InChI=1S/C34H33N5O3/c1-23(25-5-3-2-4-6-25)36-33(40)27-9-12-30-29(21-27)31(34(41)38-30)32(26-13-15-35-16-14-26)37-28-10-7-24(8-11-28)22-39-17-19-42-20-18-39/h2-16,21,23,38,41H,17-20,22H2,1H3,(H,36,40)/t23-/m1/s1. The van der Waals surface area contributed by atoms with Crippen molar-refractivity contribution in [3.8, 4) is 5.88 Å². The summed E-state index contributed by atoms with van der Waals surface area (Å²) in [6, 6.07) is 26.9. The number of hydrogen-bond acceptors (Lipinski definition) is 6. The van der Waals surface area contributed by atoms with Crippen molar-refractivity contribution in [3.05, 3.63) is 125 Å². The summed E-state index contributed by atoms with van der Waals surface area (Å²) in [5.74, 6) is -0.210. The number of nitrogens with zero attached hydrogens (tertiary/aromatic N) is 3. The Bertz CT molecular complexity index is 1690. The number of aromatic hydroxyl groups is 1. The number of aromatic nitrogens is 2. The second-order valence-electron chi connectivity index (χ2n) is 10.5.